The number of carbonyl (C=O) groups is 1. The van der Waals surface area contributed by atoms with Crippen LogP contribution in [0.2, 0.25) is 0 Å². The molecule has 2 N–H and O–H groups in total. The summed E-state index contributed by atoms with van der Waals surface area (Å²) in [4.78, 5) is 23.9. The summed E-state index contributed by atoms with van der Waals surface area (Å²) >= 11 is 0. The topological polar surface area (TPSA) is 70.0 Å². The van der Waals surface area contributed by atoms with E-state index in [4.69, 9.17) is 5.73 Å². The van der Waals surface area contributed by atoms with Crippen molar-refractivity contribution in [2.75, 3.05) is 0 Å². The average Bonchev–Trinajstić information content (AvgIpc) is 2.98. The summed E-state index contributed by atoms with van der Waals surface area (Å²) in [6.45, 7) is 1.63. The second-order valence-electron chi connectivity index (χ2n) is 7.67. The van der Waals surface area contributed by atoms with Crippen LogP contribution in [0.1, 0.15) is 22.4 Å². The molecule has 2 aromatic carbocycles. The SMILES string of the molecule is Cc1c(Cc2ccc(=O)n(Cc3cccc(F)c3F)c2)c2cc(F)ccc2n1CC(N)=O. The smallest absolute Gasteiger partial charge is 0.250 e. The highest BCUT2D eigenvalue weighted by molar-refractivity contribution is 5.87. The van der Waals surface area contributed by atoms with E-state index in [0.717, 1.165) is 17.3 Å². The van der Waals surface area contributed by atoms with Gasteiger partial charge >= 0.3 is 0 Å². The van der Waals surface area contributed by atoms with Crippen LogP contribution in [0.3, 0.4) is 0 Å². The summed E-state index contributed by atoms with van der Waals surface area (Å²) in [5.41, 5.74) is 7.99. The Morgan fingerprint density at radius 3 is 2.59 bits per heavy atom. The van der Waals surface area contributed by atoms with E-state index in [-0.39, 0.29) is 24.2 Å². The Bertz CT molecular complexity index is 1410. The van der Waals surface area contributed by atoms with Crippen LogP contribution in [0, 0.1) is 24.4 Å². The first-order valence-electron chi connectivity index (χ1n) is 9.92. The number of carbonyl (C=O) groups excluding carboxylic acids is 1. The second-order valence-corrected chi connectivity index (χ2v) is 7.67. The minimum atomic E-state index is -0.995. The number of amides is 1. The van der Waals surface area contributed by atoms with Crippen LogP contribution in [-0.4, -0.2) is 15.0 Å². The third-order valence-electron chi connectivity index (χ3n) is 5.53. The van der Waals surface area contributed by atoms with E-state index in [0.29, 0.717) is 22.9 Å². The van der Waals surface area contributed by atoms with E-state index in [1.54, 1.807) is 22.9 Å². The molecule has 164 valence electrons. The number of aromatic nitrogens is 2. The quantitative estimate of drug-likeness (QED) is 0.498. The van der Waals surface area contributed by atoms with Gasteiger partial charge < -0.3 is 14.9 Å². The number of hydrogen-bond acceptors (Lipinski definition) is 2. The Morgan fingerprint density at radius 2 is 1.84 bits per heavy atom. The highest BCUT2D eigenvalue weighted by atomic mass is 19.2. The van der Waals surface area contributed by atoms with Crippen molar-refractivity contribution in [3.8, 4) is 0 Å². The summed E-state index contributed by atoms with van der Waals surface area (Å²) in [6, 6.07) is 11.1. The zero-order chi connectivity index (χ0) is 23.0. The van der Waals surface area contributed by atoms with Gasteiger partial charge in [-0.25, -0.2) is 13.2 Å². The summed E-state index contributed by atoms with van der Waals surface area (Å²) in [6.07, 6.45) is 1.91. The molecule has 0 fully saturated rings. The zero-order valence-electron chi connectivity index (χ0n) is 17.2. The predicted octanol–water partition coefficient (Wildman–Crippen LogP) is 3.65. The van der Waals surface area contributed by atoms with E-state index in [1.165, 1.54) is 34.9 Å². The number of rotatable bonds is 6. The van der Waals surface area contributed by atoms with Crippen LogP contribution in [0.4, 0.5) is 13.2 Å². The van der Waals surface area contributed by atoms with Gasteiger partial charge in [-0.15, -0.1) is 0 Å². The van der Waals surface area contributed by atoms with Crippen molar-refractivity contribution in [3.05, 3.63) is 105 Å². The molecule has 1 amide bonds. The number of fused-ring (bicyclic) bond motifs is 1. The maximum Gasteiger partial charge on any atom is 0.250 e. The third-order valence-corrected chi connectivity index (χ3v) is 5.53. The first kappa shape index (κ1) is 21.4. The number of primary amides is 1. The number of nitrogens with zero attached hydrogens (tertiary/aromatic N) is 2. The largest absolute Gasteiger partial charge is 0.368 e. The molecule has 0 aliphatic heterocycles. The summed E-state index contributed by atoms with van der Waals surface area (Å²) in [5, 5.41) is 0.637. The van der Waals surface area contributed by atoms with E-state index >= 15 is 0 Å². The van der Waals surface area contributed by atoms with Crippen molar-refractivity contribution in [2.24, 2.45) is 5.73 Å². The zero-order valence-corrected chi connectivity index (χ0v) is 17.2. The number of hydrogen-bond donors (Lipinski definition) is 1. The van der Waals surface area contributed by atoms with Crippen LogP contribution < -0.4 is 11.3 Å². The Hall–Kier alpha value is -3.81. The minimum Gasteiger partial charge on any atom is -0.368 e. The van der Waals surface area contributed by atoms with E-state index in [9.17, 15) is 22.8 Å². The second kappa shape index (κ2) is 8.37. The molecular weight excluding hydrogens is 419 g/mol. The van der Waals surface area contributed by atoms with Crippen molar-refractivity contribution in [1.82, 2.24) is 9.13 Å². The molecule has 4 rings (SSSR count). The maximum atomic E-state index is 14.1. The number of nitrogens with two attached hydrogens (primary N) is 1. The first-order chi connectivity index (χ1) is 15.2. The van der Waals surface area contributed by atoms with Crippen LogP contribution >= 0.6 is 0 Å². The first-order valence-corrected chi connectivity index (χ1v) is 9.92. The molecule has 32 heavy (non-hydrogen) atoms. The molecule has 8 heteroatoms. The number of benzene rings is 2. The number of pyridine rings is 1. The lowest BCUT2D eigenvalue weighted by Gasteiger charge is -2.10. The van der Waals surface area contributed by atoms with Crippen molar-refractivity contribution in [3.63, 3.8) is 0 Å². The summed E-state index contributed by atoms with van der Waals surface area (Å²) < 4.78 is 44.6. The van der Waals surface area contributed by atoms with Gasteiger partial charge in [-0.2, -0.15) is 0 Å². The highest BCUT2D eigenvalue weighted by Crippen LogP contribution is 2.29. The van der Waals surface area contributed by atoms with Crippen LogP contribution in [0.25, 0.3) is 10.9 Å². The maximum absolute atomic E-state index is 14.1. The summed E-state index contributed by atoms with van der Waals surface area (Å²) in [7, 11) is 0. The van der Waals surface area contributed by atoms with Crippen LogP contribution in [0.5, 0.6) is 0 Å². The molecule has 2 aromatic heterocycles. The molecule has 2 heterocycles. The average molecular weight is 439 g/mol. The normalized spacial score (nSPS) is 11.2. The number of halogens is 3. The molecule has 4 aromatic rings. The molecule has 0 saturated carbocycles. The van der Waals surface area contributed by atoms with Gasteiger partial charge in [-0.3, -0.25) is 9.59 Å². The van der Waals surface area contributed by atoms with Gasteiger partial charge in [0, 0.05) is 40.8 Å². The van der Waals surface area contributed by atoms with Crippen molar-refractivity contribution in [2.45, 2.75) is 26.4 Å². The van der Waals surface area contributed by atoms with Crippen molar-refractivity contribution >= 4 is 16.8 Å². The highest BCUT2D eigenvalue weighted by Gasteiger charge is 2.17. The van der Waals surface area contributed by atoms with Gasteiger partial charge in [-0.1, -0.05) is 18.2 Å². The fourth-order valence-corrected chi connectivity index (χ4v) is 3.97. The van der Waals surface area contributed by atoms with Gasteiger partial charge in [0.2, 0.25) is 5.91 Å². The Balaban J connectivity index is 1.75. The lowest BCUT2D eigenvalue weighted by atomic mass is 10.0. The van der Waals surface area contributed by atoms with Crippen molar-refractivity contribution < 1.29 is 18.0 Å². The van der Waals surface area contributed by atoms with E-state index < -0.39 is 23.4 Å². The lowest BCUT2D eigenvalue weighted by Crippen LogP contribution is -2.20. The Labute approximate surface area is 181 Å². The fraction of sp³-hybridized carbons (Fsp3) is 0.167. The molecule has 0 radical (unpaired) electrons. The molecule has 0 atom stereocenters. The molecule has 0 aliphatic rings. The Kier molecular flexibility index (Phi) is 5.61. The standard InChI is InChI=1S/C24H20F3N3O2/c1-14-18(19-10-17(25)6-7-21(19)30(14)13-22(28)31)9-15-5-8-23(32)29(11-15)12-16-3-2-4-20(26)24(16)27/h2-8,10-11H,9,12-13H2,1H3,(H2,28,31). The minimum absolute atomic E-state index is 0.0493. The van der Waals surface area contributed by atoms with E-state index in [2.05, 4.69) is 0 Å². The van der Waals surface area contributed by atoms with Crippen LogP contribution in [0.15, 0.2) is 59.5 Å². The van der Waals surface area contributed by atoms with E-state index in [1.807, 2.05) is 6.92 Å². The molecule has 0 aliphatic carbocycles. The van der Waals surface area contributed by atoms with Gasteiger partial charge in [0.15, 0.2) is 11.6 Å². The summed E-state index contributed by atoms with van der Waals surface area (Å²) in [5.74, 6) is -2.91. The molecule has 5 nitrogen and oxygen atoms in total. The van der Waals surface area contributed by atoms with Gasteiger partial charge in [0.1, 0.15) is 12.4 Å². The van der Waals surface area contributed by atoms with Crippen LogP contribution in [-0.2, 0) is 24.3 Å². The monoisotopic (exact) mass is 439 g/mol. The van der Waals surface area contributed by atoms with Crippen molar-refractivity contribution in [1.29, 1.82) is 0 Å². The third kappa shape index (κ3) is 4.03. The molecule has 0 spiro atoms. The molecule has 0 saturated heterocycles. The Morgan fingerprint density at radius 1 is 1.06 bits per heavy atom. The fourth-order valence-electron chi connectivity index (χ4n) is 3.97. The van der Waals surface area contributed by atoms with Gasteiger partial charge in [-0.05, 0) is 42.3 Å². The molecule has 0 bridgehead atoms. The molecular formula is C24H20F3N3O2. The van der Waals surface area contributed by atoms with Gasteiger partial charge in [0.05, 0.1) is 6.54 Å². The lowest BCUT2D eigenvalue weighted by molar-refractivity contribution is -0.118. The molecule has 0 unspecified atom stereocenters. The predicted molar refractivity (Wildman–Crippen MR) is 115 cm³/mol. The van der Waals surface area contributed by atoms with Gasteiger partial charge in [0.25, 0.3) is 5.56 Å².